The number of nitrogens with one attached hydrogen (secondary N) is 2. The van der Waals surface area contributed by atoms with Crippen LogP contribution >= 0.6 is 0 Å². The Morgan fingerprint density at radius 3 is 2.39 bits per heavy atom. The van der Waals surface area contributed by atoms with E-state index in [-0.39, 0.29) is 17.9 Å². The van der Waals surface area contributed by atoms with Crippen molar-refractivity contribution in [2.45, 2.75) is 26.3 Å². The number of rotatable bonds is 6. The molecule has 5 nitrogen and oxygen atoms in total. The molecule has 0 saturated carbocycles. The van der Waals surface area contributed by atoms with Crippen LogP contribution in [-0.2, 0) is 0 Å². The van der Waals surface area contributed by atoms with Gasteiger partial charge in [-0.2, -0.15) is 0 Å². The third kappa shape index (κ3) is 4.82. The zero-order valence-electron chi connectivity index (χ0n) is 16.0. The fraction of sp³-hybridized carbons (Fsp3) is 0.174. The molecular weight excluding hydrogens is 350 g/mol. The number of hydrogen-bond acceptors (Lipinski definition) is 3. The Labute approximate surface area is 164 Å². The van der Waals surface area contributed by atoms with E-state index < -0.39 is 0 Å². The normalized spacial score (nSPS) is 11.5. The molecule has 1 aromatic heterocycles. The van der Waals surface area contributed by atoms with Crippen molar-refractivity contribution in [3.05, 3.63) is 95.3 Å². The molecule has 0 bridgehead atoms. The van der Waals surface area contributed by atoms with Crippen molar-refractivity contribution in [1.82, 2.24) is 10.3 Å². The first kappa shape index (κ1) is 19.3. The summed E-state index contributed by atoms with van der Waals surface area (Å²) in [5.74, 6) is -0.443. The lowest BCUT2D eigenvalue weighted by atomic mass is 10.0. The molecule has 28 heavy (non-hydrogen) atoms. The molecule has 0 spiro atoms. The van der Waals surface area contributed by atoms with Crippen LogP contribution in [0.15, 0.2) is 73.1 Å². The molecule has 0 saturated heterocycles. The van der Waals surface area contributed by atoms with Gasteiger partial charge in [-0.15, -0.1) is 0 Å². The Morgan fingerprint density at radius 2 is 1.71 bits per heavy atom. The summed E-state index contributed by atoms with van der Waals surface area (Å²) < 4.78 is 0. The monoisotopic (exact) mass is 373 g/mol. The molecule has 142 valence electrons. The molecule has 0 radical (unpaired) electrons. The van der Waals surface area contributed by atoms with Crippen molar-refractivity contribution in [2.24, 2.45) is 0 Å². The molecule has 0 aliphatic heterocycles. The Balaban J connectivity index is 1.71. The van der Waals surface area contributed by atoms with Crippen LogP contribution in [0.5, 0.6) is 0 Å². The van der Waals surface area contributed by atoms with Crippen molar-refractivity contribution < 1.29 is 9.59 Å². The molecule has 5 heteroatoms. The molecule has 0 aliphatic carbocycles. The van der Waals surface area contributed by atoms with E-state index in [1.165, 1.54) is 11.8 Å². The number of benzene rings is 2. The highest BCUT2D eigenvalue weighted by Gasteiger charge is 2.15. The number of hydrogen-bond donors (Lipinski definition) is 2. The van der Waals surface area contributed by atoms with E-state index >= 15 is 0 Å². The molecule has 2 amide bonds. The standard InChI is InChI=1S/C23H23N3O2/c1-3-21(17-11-9-16(2)10-12-17)26-22(27)18-6-4-8-20(14-18)25-23(28)19-7-5-13-24-15-19/h4-15,21H,3H2,1-2H3,(H,25,28)(H,26,27). The van der Waals surface area contributed by atoms with Crippen molar-refractivity contribution in [2.75, 3.05) is 5.32 Å². The minimum atomic E-state index is -0.267. The number of pyridine rings is 1. The minimum absolute atomic E-state index is 0.0678. The molecule has 3 aromatic rings. The van der Waals surface area contributed by atoms with Gasteiger partial charge in [0.05, 0.1) is 11.6 Å². The van der Waals surface area contributed by atoms with Gasteiger partial charge >= 0.3 is 0 Å². The van der Waals surface area contributed by atoms with Crippen LogP contribution < -0.4 is 10.6 Å². The number of carbonyl (C=O) groups is 2. The first-order valence-corrected chi connectivity index (χ1v) is 9.25. The molecular formula is C23H23N3O2. The quantitative estimate of drug-likeness (QED) is 0.667. The van der Waals surface area contributed by atoms with Crippen LogP contribution in [0.2, 0.25) is 0 Å². The lowest BCUT2D eigenvalue weighted by Crippen LogP contribution is -2.28. The van der Waals surface area contributed by atoms with Gasteiger partial charge in [0.1, 0.15) is 0 Å². The first-order valence-electron chi connectivity index (χ1n) is 9.25. The SMILES string of the molecule is CCC(NC(=O)c1cccc(NC(=O)c2cccnc2)c1)c1ccc(C)cc1. The number of carbonyl (C=O) groups excluding carboxylic acids is 2. The predicted octanol–water partition coefficient (Wildman–Crippen LogP) is 4.52. The maximum atomic E-state index is 12.7. The van der Waals surface area contributed by atoms with Crippen LogP contribution in [0.25, 0.3) is 0 Å². The highest BCUT2D eigenvalue weighted by molar-refractivity contribution is 6.04. The van der Waals surface area contributed by atoms with Crippen LogP contribution in [0.3, 0.4) is 0 Å². The Hall–Kier alpha value is -3.47. The van der Waals surface area contributed by atoms with Gasteiger partial charge in [0, 0.05) is 23.6 Å². The van der Waals surface area contributed by atoms with E-state index in [9.17, 15) is 9.59 Å². The largest absolute Gasteiger partial charge is 0.345 e. The molecule has 2 aromatic carbocycles. The second kappa shape index (κ2) is 8.95. The summed E-state index contributed by atoms with van der Waals surface area (Å²) in [6.45, 7) is 4.07. The van der Waals surface area contributed by atoms with E-state index in [1.807, 2.05) is 38.1 Å². The molecule has 1 heterocycles. The zero-order valence-corrected chi connectivity index (χ0v) is 16.0. The molecule has 2 N–H and O–H groups in total. The Bertz CT molecular complexity index is 953. The van der Waals surface area contributed by atoms with Gasteiger partial charge in [0.25, 0.3) is 11.8 Å². The van der Waals surface area contributed by atoms with Crippen LogP contribution in [0.1, 0.15) is 51.2 Å². The van der Waals surface area contributed by atoms with E-state index in [0.29, 0.717) is 16.8 Å². The predicted molar refractivity (Wildman–Crippen MR) is 110 cm³/mol. The number of aromatic nitrogens is 1. The molecule has 0 aliphatic rings. The maximum absolute atomic E-state index is 12.7. The number of nitrogens with zero attached hydrogens (tertiary/aromatic N) is 1. The van der Waals surface area contributed by atoms with Gasteiger partial charge in [0.2, 0.25) is 0 Å². The fourth-order valence-electron chi connectivity index (χ4n) is 2.90. The number of anilines is 1. The zero-order chi connectivity index (χ0) is 19.9. The van der Waals surface area contributed by atoms with Gasteiger partial charge in [0.15, 0.2) is 0 Å². The van der Waals surface area contributed by atoms with E-state index in [2.05, 4.69) is 15.6 Å². The van der Waals surface area contributed by atoms with Crippen LogP contribution in [0.4, 0.5) is 5.69 Å². The van der Waals surface area contributed by atoms with E-state index in [0.717, 1.165) is 12.0 Å². The molecule has 1 unspecified atom stereocenters. The summed E-state index contributed by atoms with van der Waals surface area (Å²) in [6.07, 6.45) is 3.89. The highest BCUT2D eigenvalue weighted by atomic mass is 16.2. The molecule has 0 fully saturated rings. The average Bonchev–Trinajstić information content (AvgIpc) is 2.73. The summed E-state index contributed by atoms with van der Waals surface area (Å²) in [5.41, 5.74) is 3.77. The summed E-state index contributed by atoms with van der Waals surface area (Å²) in [5, 5.41) is 5.87. The van der Waals surface area contributed by atoms with Gasteiger partial charge in [-0.25, -0.2) is 0 Å². The number of aryl methyl sites for hydroxylation is 1. The van der Waals surface area contributed by atoms with Crippen molar-refractivity contribution in [3.8, 4) is 0 Å². The summed E-state index contributed by atoms with van der Waals surface area (Å²) >= 11 is 0. The van der Waals surface area contributed by atoms with E-state index in [1.54, 1.807) is 42.6 Å². The van der Waals surface area contributed by atoms with Crippen molar-refractivity contribution in [3.63, 3.8) is 0 Å². The van der Waals surface area contributed by atoms with Gasteiger partial charge in [-0.1, -0.05) is 42.8 Å². The van der Waals surface area contributed by atoms with Crippen LogP contribution in [-0.4, -0.2) is 16.8 Å². The summed E-state index contributed by atoms with van der Waals surface area (Å²) in [4.78, 5) is 29.0. The summed E-state index contributed by atoms with van der Waals surface area (Å²) in [6, 6.07) is 18.4. The Morgan fingerprint density at radius 1 is 0.964 bits per heavy atom. The summed E-state index contributed by atoms with van der Waals surface area (Å²) in [7, 11) is 0. The lowest BCUT2D eigenvalue weighted by molar-refractivity contribution is 0.0934. The fourth-order valence-corrected chi connectivity index (χ4v) is 2.90. The van der Waals surface area contributed by atoms with Crippen molar-refractivity contribution >= 4 is 17.5 Å². The second-order valence-corrected chi connectivity index (χ2v) is 6.62. The minimum Gasteiger partial charge on any atom is -0.345 e. The third-order valence-corrected chi connectivity index (χ3v) is 4.50. The first-order chi connectivity index (χ1) is 13.6. The second-order valence-electron chi connectivity index (χ2n) is 6.62. The lowest BCUT2D eigenvalue weighted by Gasteiger charge is -2.18. The number of amides is 2. The van der Waals surface area contributed by atoms with Gasteiger partial charge in [-0.05, 0) is 49.2 Å². The van der Waals surface area contributed by atoms with Gasteiger partial charge in [-0.3, -0.25) is 14.6 Å². The maximum Gasteiger partial charge on any atom is 0.257 e. The smallest absolute Gasteiger partial charge is 0.257 e. The molecule has 3 rings (SSSR count). The van der Waals surface area contributed by atoms with Gasteiger partial charge < -0.3 is 10.6 Å². The average molecular weight is 373 g/mol. The topological polar surface area (TPSA) is 71.1 Å². The van der Waals surface area contributed by atoms with E-state index in [4.69, 9.17) is 0 Å². The van der Waals surface area contributed by atoms with Crippen LogP contribution in [0, 0.1) is 6.92 Å². The molecule has 1 atom stereocenters. The third-order valence-electron chi connectivity index (χ3n) is 4.50. The van der Waals surface area contributed by atoms with Crippen molar-refractivity contribution in [1.29, 1.82) is 0 Å². The Kier molecular flexibility index (Phi) is 6.17. The highest BCUT2D eigenvalue weighted by Crippen LogP contribution is 2.19.